The second-order valence-corrected chi connectivity index (χ2v) is 8.10. The van der Waals surface area contributed by atoms with Gasteiger partial charge in [-0.1, -0.05) is 49.4 Å². The molecule has 4 rings (SSSR count). The lowest BCUT2D eigenvalue weighted by molar-refractivity contribution is -0.231. The van der Waals surface area contributed by atoms with Gasteiger partial charge in [-0.3, -0.25) is 0 Å². The van der Waals surface area contributed by atoms with E-state index in [4.69, 9.17) is 4.74 Å². The number of rotatable bonds is 5. The normalized spacial score (nSPS) is 26.9. The van der Waals surface area contributed by atoms with Gasteiger partial charge in [-0.25, -0.2) is 0 Å². The SMILES string of the molecule is CCc1ccc(Cn2cc([C@@H]3O[C@H](CO)[C@@H](O)[C@H](O)[C@H]3O)c3cccc(C)c32)cc1. The van der Waals surface area contributed by atoms with E-state index < -0.39 is 37.1 Å². The Morgan fingerprint density at radius 2 is 1.63 bits per heavy atom. The van der Waals surface area contributed by atoms with Crippen molar-refractivity contribution in [2.75, 3.05) is 6.61 Å². The molecule has 30 heavy (non-hydrogen) atoms. The summed E-state index contributed by atoms with van der Waals surface area (Å²) in [6.07, 6.45) is -2.91. The van der Waals surface area contributed by atoms with E-state index in [1.54, 1.807) is 0 Å². The molecule has 6 heteroatoms. The van der Waals surface area contributed by atoms with Gasteiger partial charge >= 0.3 is 0 Å². The highest BCUT2D eigenvalue weighted by Gasteiger charge is 2.44. The molecule has 1 saturated heterocycles. The Labute approximate surface area is 176 Å². The van der Waals surface area contributed by atoms with E-state index in [1.807, 2.05) is 31.3 Å². The van der Waals surface area contributed by atoms with Gasteiger partial charge in [0.1, 0.15) is 30.5 Å². The van der Waals surface area contributed by atoms with E-state index in [2.05, 4.69) is 35.8 Å². The molecule has 4 N–H and O–H groups in total. The fourth-order valence-corrected chi connectivity index (χ4v) is 4.36. The van der Waals surface area contributed by atoms with Gasteiger partial charge in [0, 0.05) is 23.7 Å². The number of para-hydroxylation sites is 1. The molecule has 2 aromatic carbocycles. The predicted octanol–water partition coefficient (Wildman–Crippen LogP) is 2.08. The summed E-state index contributed by atoms with van der Waals surface area (Å²) >= 11 is 0. The molecule has 0 bridgehead atoms. The van der Waals surface area contributed by atoms with Crippen molar-refractivity contribution in [3.63, 3.8) is 0 Å². The van der Waals surface area contributed by atoms with Crippen molar-refractivity contribution >= 4 is 10.9 Å². The van der Waals surface area contributed by atoms with Crippen molar-refractivity contribution in [3.8, 4) is 0 Å². The first-order valence-electron chi connectivity index (χ1n) is 10.4. The van der Waals surface area contributed by atoms with Crippen molar-refractivity contribution in [2.45, 2.75) is 57.3 Å². The zero-order chi connectivity index (χ0) is 21.4. The van der Waals surface area contributed by atoms with Gasteiger partial charge in [0.2, 0.25) is 0 Å². The summed E-state index contributed by atoms with van der Waals surface area (Å²) in [5.74, 6) is 0. The minimum Gasteiger partial charge on any atom is -0.394 e. The summed E-state index contributed by atoms with van der Waals surface area (Å²) in [5.41, 5.74) is 5.30. The molecule has 0 aliphatic carbocycles. The molecule has 1 aliphatic rings. The zero-order valence-electron chi connectivity index (χ0n) is 17.3. The molecule has 0 amide bonds. The number of benzene rings is 2. The van der Waals surface area contributed by atoms with Gasteiger partial charge in [-0.15, -0.1) is 0 Å². The van der Waals surface area contributed by atoms with E-state index in [-0.39, 0.29) is 0 Å². The maximum absolute atomic E-state index is 10.6. The predicted molar refractivity (Wildman–Crippen MR) is 114 cm³/mol. The monoisotopic (exact) mass is 411 g/mol. The van der Waals surface area contributed by atoms with Crippen LogP contribution in [0.5, 0.6) is 0 Å². The van der Waals surface area contributed by atoms with Crippen molar-refractivity contribution in [1.82, 2.24) is 4.57 Å². The Hall–Kier alpha value is -2.22. The van der Waals surface area contributed by atoms with Crippen molar-refractivity contribution < 1.29 is 25.2 Å². The molecule has 2 heterocycles. The Kier molecular flexibility index (Phi) is 5.95. The largest absolute Gasteiger partial charge is 0.394 e. The zero-order valence-corrected chi connectivity index (χ0v) is 17.3. The van der Waals surface area contributed by atoms with Gasteiger partial charge < -0.3 is 29.7 Å². The van der Waals surface area contributed by atoms with Crippen LogP contribution in [0.15, 0.2) is 48.7 Å². The van der Waals surface area contributed by atoms with Gasteiger partial charge in [0.05, 0.1) is 12.1 Å². The number of hydrogen-bond acceptors (Lipinski definition) is 5. The average molecular weight is 411 g/mol. The average Bonchev–Trinajstić information content (AvgIpc) is 3.12. The molecular weight excluding hydrogens is 382 g/mol. The van der Waals surface area contributed by atoms with Gasteiger partial charge in [0.15, 0.2) is 0 Å². The second kappa shape index (κ2) is 8.49. The van der Waals surface area contributed by atoms with Crippen molar-refractivity contribution in [1.29, 1.82) is 0 Å². The number of hydrogen-bond donors (Lipinski definition) is 4. The third kappa shape index (κ3) is 3.66. The summed E-state index contributed by atoms with van der Waals surface area (Å²) in [7, 11) is 0. The number of aromatic nitrogens is 1. The summed E-state index contributed by atoms with van der Waals surface area (Å²) in [6, 6.07) is 14.5. The number of ether oxygens (including phenoxy) is 1. The number of fused-ring (bicyclic) bond motifs is 1. The van der Waals surface area contributed by atoms with Crippen LogP contribution >= 0.6 is 0 Å². The maximum atomic E-state index is 10.6. The Bertz CT molecular complexity index is 1010. The molecule has 3 aromatic rings. The lowest BCUT2D eigenvalue weighted by atomic mass is 9.91. The van der Waals surface area contributed by atoms with Crippen LogP contribution in [0.1, 0.15) is 35.3 Å². The van der Waals surface area contributed by atoms with E-state index in [0.717, 1.165) is 34.0 Å². The van der Waals surface area contributed by atoms with Crippen LogP contribution in [0.25, 0.3) is 10.9 Å². The summed E-state index contributed by atoms with van der Waals surface area (Å²) in [5, 5.41) is 41.5. The minimum absolute atomic E-state index is 0.442. The first kappa shape index (κ1) is 21.0. The third-order valence-corrected chi connectivity index (χ3v) is 6.11. The minimum atomic E-state index is -1.40. The first-order chi connectivity index (χ1) is 14.4. The lowest BCUT2D eigenvalue weighted by Crippen LogP contribution is -2.55. The molecule has 6 nitrogen and oxygen atoms in total. The van der Waals surface area contributed by atoms with Crippen LogP contribution in [0, 0.1) is 6.92 Å². The second-order valence-electron chi connectivity index (χ2n) is 8.10. The van der Waals surface area contributed by atoms with E-state index in [9.17, 15) is 20.4 Å². The molecule has 1 aliphatic heterocycles. The van der Waals surface area contributed by atoms with Crippen LogP contribution in [0.4, 0.5) is 0 Å². The van der Waals surface area contributed by atoms with Crippen molar-refractivity contribution in [3.05, 3.63) is 70.9 Å². The molecule has 1 fully saturated rings. The molecule has 1 aromatic heterocycles. The standard InChI is InChI=1S/C24H29NO5/c1-3-15-7-9-16(10-8-15)11-25-12-18(17-6-4-5-14(2)20(17)25)24-23(29)22(28)21(27)19(13-26)30-24/h4-10,12,19,21-24,26-29H,3,11,13H2,1-2H3/t19-,21-,22+,23-,24+/m1/s1. The fourth-order valence-electron chi connectivity index (χ4n) is 4.36. The number of aliphatic hydroxyl groups excluding tert-OH is 4. The van der Waals surface area contributed by atoms with E-state index in [1.165, 1.54) is 5.56 Å². The molecule has 0 spiro atoms. The van der Waals surface area contributed by atoms with E-state index in [0.29, 0.717) is 6.54 Å². The van der Waals surface area contributed by atoms with Gasteiger partial charge in [-0.2, -0.15) is 0 Å². The smallest absolute Gasteiger partial charge is 0.114 e. The van der Waals surface area contributed by atoms with Crippen LogP contribution < -0.4 is 0 Å². The van der Waals surface area contributed by atoms with Gasteiger partial charge in [0.25, 0.3) is 0 Å². The number of aliphatic hydroxyl groups is 4. The molecule has 0 radical (unpaired) electrons. The molecular formula is C24H29NO5. The number of nitrogens with zero attached hydrogens (tertiary/aromatic N) is 1. The lowest BCUT2D eigenvalue weighted by Gasteiger charge is -2.40. The van der Waals surface area contributed by atoms with E-state index >= 15 is 0 Å². The highest BCUT2D eigenvalue weighted by molar-refractivity contribution is 5.87. The van der Waals surface area contributed by atoms with Crippen LogP contribution in [0.3, 0.4) is 0 Å². The quantitative estimate of drug-likeness (QED) is 0.516. The maximum Gasteiger partial charge on any atom is 0.114 e. The number of aryl methyl sites for hydroxylation is 2. The Balaban J connectivity index is 1.76. The highest BCUT2D eigenvalue weighted by Crippen LogP contribution is 2.38. The molecule has 5 atom stereocenters. The summed E-state index contributed by atoms with van der Waals surface area (Å²) in [6.45, 7) is 4.38. The van der Waals surface area contributed by atoms with Crippen molar-refractivity contribution in [2.24, 2.45) is 0 Å². The Morgan fingerprint density at radius 1 is 0.933 bits per heavy atom. The third-order valence-electron chi connectivity index (χ3n) is 6.11. The van der Waals surface area contributed by atoms with Crippen LogP contribution in [0.2, 0.25) is 0 Å². The summed E-state index contributed by atoms with van der Waals surface area (Å²) in [4.78, 5) is 0. The fraction of sp³-hybridized carbons (Fsp3) is 0.417. The molecule has 160 valence electrons. The summed E-state index contributed by atoms with van der Waals surface area (Å²) < 4.78 is 7.96. The van der Waals surface area contributed by atoms with Crippen LogP contribution in [-0.2, 0) is 17.7 Å². The molecule has 0 saturated carbocycles. The Morgan fingerprint density at radius 3 is 2.30 bits per heavy atom. The van der Waals surface area contributed by atoms with Gasteiger partial charge in [-0.05, 0) is 30.0 Å². The highest BCUT2D eigenvalue weighted by atomic mass is 16.5. The van der Waals surface area contributed by atoms with Crippen LogP contribution in [-0.4, -0.2) is 56.0 Å². The first-order valence-corrected chi connectivity index (χ1v) is 10.4. The topological polar surface area (TPSA) is 95.1 Å². The molecule has 0 unspecified atom stereocenters.